The fraction of sp³-hybridized carbons (Fsp3) is 0.231. The van der Waals surface area contributed by atoms with Gasteiger partial charge in [0, 0.05) is 38.1 Å². The summed E-state index contributed by atoms with van der Waals surface area (Å²) in [7, 11) is 0. The van der Waals surface area contributed by atoms with Gasteiger partial charge in [-0.25, -0.2) is 23.9 Å². The lowest BCUT2D eigenvalue weighted by molar-refractivity contribution is 0.570. The van der Waals surface area contributed by atoms with Crippen LogP contribution in [0, 0.1) is 12.7 Å². The summed E-state index contributed by atoms with van der Waals surface area (Å²) < 4.78 is 17.4. The second-order valence-electron chi connectivity index (χ2n) is 8.79. The van der Waals surface area contributed by atoms with Gasteiger partial charge in [-0.05, 0) is 66.4 Å². The molecule has 5 aromatic rings. The van der Waals surface area contributed by atoms with E-state index in [1.54, 1.807) is 10.8 Å². The van der Waals surface area contributed by atoms with E-state index < -0.39 is 0 Å². The van der Waals surface area contributed by atoms with Gasteiger partial charge in [0.05, 0.1) is 16.6 Å². The molecule has 176 valence electrons. The molecule has 35 heavy (non-hydrogen) atoms. The number of hydrogen-bond acceptors (Lipinski definition) is 7. The van der Waals surface area contributed by atoms with E-state index in [0.717, 1.165) is 49.5 Å². The molecule has 2 N–H and O–H groups in total. The summed E-state index contributed by atoms with van der Waals surface area (Å²) in [5.74, 6) is 0.179. The Morgan fingerprint density at radius 2 is 1.89 bits per heavy atom. The van der Waals surface area contributed by atoms with Crippen molar-refractivity contribution in [2.75, 3.05) is 36.4 Å². The second kappa shape index (κ2) is 8.92. The highest BCUT2D eigenvalue weighted by Gasteiger charge is 2.19. The molecular formula is C26H25FN8. The van der Waals surface area contributed by atoms with E-state index in [9.17, 15) is 0 Å². The molecule has 0 bridgehead atoms. The van der Waals surface area contributed by atoms with Crippen LogP contribution in [0.2, 0.25) is 0 Å². The number of aromatic nitrogens is 5. The minimum absolute atomic E-state index is 0.287. The van der Waals surface area contributed by atoms with Crippen molar-refractivity contribution in [3.05, 3.63) is 83.8 Å². The molecule has 0 spiro atoms. The predicted molar refractivity (Wildman–Crippen MR) is 135 cm³/mol. The summed E-state index contributed by atoms with van der Waals surface area (Å²) in [5, 5.41) is 11.2. The van der Waals surface area contributed by atoms with Crippen molar-refractivity contribution < 1.29 is 4.39 Å². The Bertz CT molecular complexity index is 1520. The van der Waals surface area contributed by atoms with E-state index >= 15 is 4.39 Å². The highest BCUT2D eigenvalue weighted by Crippen LogP contribution is 2.32. The van der Waals surface area contributed by atoms with Gasteiger partial charge in [-0.2, -0.15) is 5.10 Å². The number of piperazine rings is 1. The third kappa shape index (κ3) is 4.15. The van der Waals surface area contributed by atoms with Crippen molar-refractivity contribution in [2.45, 2.75) is 13.3 Å². The summed E-state index contributed by atoms with van der Waals surface area (Å²) in [6, 6.07) is 13.9. The largest absolute Gasteiger partial charge is 0.367 e. The van der Waals surface area contributed by atoms with Crippen molar-refractivity contribution in [2.24, 2.45) is 0 Å². The Morgan fingerprint density at radius 3 is 2.74 bits per heavy atom. The zero-order valence-electron chi connectivity index (χ0n) is 19.4. The molecular weight excluding hydrogens is 443 g/mol. The molecule has 4 heterocycles. The Hall–Kier alpha value is -4.11. The number of benzene rings is 2. The van der Waals surface area contributed by atoms with E-state index in [0.29, 0.717) is 22.4 Å². The van der Waals surface area contributed by atoms with Crippen molar-refractivity contribution in [3.63, 3.8) is 0 Å². The van der Waals surface area contributed by atoms with Crippen LogP contribution in [0.1, 0.15) is 16.7 Å². The van der Waals surface area contributed by atoms with Crippen LogP contribution in [-0.2, 0) is 6.42 Å². The van der Waals surface area contributed by atoms with E-state index in [1.165, 1.54) is 17.5 Å². The highest BCUT2D eigenvalue weighted by molar-refractivity contribution is 5.94. The quantitative estimate of drug-likeness (QED) is 0.405. The topological polar surface area (TPSA) is 83.3 Å². The van der Waals surface area contributed by atoms with Crippen LogP contribution >= 0.6 is 0 Å². The van der Waals surface area contributed by atoms with E-state index in [4.69, 9.17) is 0 Å². The van der Waals surface area contributed by atoms with Gasteiger partial charge in [0.15, 0.2) is 11.5 Å². The van der Waals surface area contributed by atoms with Gasteiger partial charge in [0.1, 0.15) is 18.5 Å². The number of aryl methyl sites for hydroxylation is 1. The van der Waals surface area contributed by atoms with Crippen LogP contribution in [0.15, 0.2) is 61.3 Å². The van der Waals surface area contributed by atoms with Crippen molar-refractivity contribution in [1.29, 1.82) is 0 Å². The lowest BCUT2D eigenvalue weighted by Gasteiger charge is -2.30. The summed E-state index contributed by atoms with van der Waals surface area (Å²) in [5.41, 5.74) is 6.36. The first-order valence-electron chi connectivity index (χ1n) is 11.7. The molecule has 0 aliphatic carbocycles. The van der Waals surface area contributed by atoms with Crippen LogP contribution in [0.4, 0.5) is 21.6 Å². The van der Waals surface area contributed by atoms with E-state index in [2.05, 4.69) is 60.7 Å². The number of fused-ring (bicyclic) bond motifs is 2. The number of anilines is 3. The molecule has 1 saturated heterocycles. The maximum atomic E-state index is 15.7. The van der Waals surface area contributed by atoms with Crippen LogP contribution in [0.25, 0.3) is 16.6 Å². The number of nitrogens with one attached hydrogen (secondary N) is 2. The molecule has 1 fully saturated rings. The summed E-state index contributed by atoms with van der Waals surface area (Å²) in [4.78, 5) is 15.0. The normalized spacial score (nSPS) is 14.1. The van der Waals surface area contributed by atoms with Gasteiger partial charge in [0.2, 0.25) is 0 Å². The molecule has 2 aromatic carbocycles. The first kappa shape index (κ1) is 21.4. The van der Waals surface area contributed by atoms with Gasteiger partial charge in [0.25, 0.3) is 0 Å². The van der Waals surface area contributed by atoms with Crippen molar-refractivity contribution in [3.8, 4) is 0 Å². The lowest BCUT2D eigenvalue weighted by atomic mass is 10.0. The lowest BCUT2D eigenvalue weighted by Crippen LogP contribution is -2.43. The number of hydrogen-bond donors (Lipinski definition) is 2. The first-order chi connectivity index (χ1) is 17.2. The maximum absolute atomic E-state index is 15.7. The molecule has 6 rings (SSSR count). The van der Waals surface area contributed by atoms with Crippen LogP contribution < -0.4 is 15.5 Å². The molecule has 0 atom stereocenters. The molecule has 0 saturated carbocycles. The Labute approximate surface area is 201 Å². The summed E-state index contributed by atoms with van der Waals surface area (Å²) >= 11 is 0. The van der Waals surface area contributed by atoms with E-state index in [-0.39, 0.29) is 5.82 Å². The molecule has 9 heteroatoms. The number of rotatable bonds is 5. The van der Waals surface area contributed by atoms with Gasteiger partial charge >= 0.3 is 0 Å². The first-order valence-corrected chi connectivity index (χ1v) is 11.7. The molecule has 0 radical (unpaired) electrons. The number of halogens is 1. The maximum Gasteiger partial charge on any atom is 0.159 e. The van der Waals surface area contributed by atoms with Gasteiger partial charge in [-0.15, -0.1) is 0 Å². The zero-order valence-corrected chi connectivity index (χ0v) is 19.4. The number of nitrogens with zero attached hydrogens (tertiary/aromatic N) is 6. The molecule has 0 amide bonds. The fourth-order valence-electron chi connectivity index (χ4n) is 4.64. The van der Waals surface area contributed by atoms with Crippen LogP contribution in [-0.4, -0.2) is 50.7 Å². The average molecular weight is 469 g/mol. The van der Waals surface area contributed by atoms with Crippen molar-refractivity contribution >= 4 is 33.7 Å². The molecule has 8 nitrogen and oxygen atoms in total. The minimum atomic E-state index is -0.287. The Morgan fingerprint density at radius 1 is 1.00 bits per heavy atom. The molecule has 0 unspecified atom stereocenters. The summed E-state index contributed by atoms with van der Waals surface area (Å²) in [6.45, 7) is 5.29. The standard InChI is InChI=1S/C26H25FN8/c1-17-12-20(3-2-19(17)13-18-6-9-35-23(14-18)30-16-32-35)33-26-24-21(29-15-31-26)4-5-22(25(24)27)34-10-7-28-8-11-34/h2-6,9,12,14-16,28H,7-8,10-11,13H2,1H3,(H,29,31,33). The SMILES string of the molecule is Cc1cc(Nc2ncnc3ccc(N4CCNCC4)c(F)c23)ccc1Cc1ccn2ncnc2c1. The summed E-state index contributed by atoms with van der Waals surface area (Å²) in [6.07, 6.45) is 5.73. The third-order valence-electron chi connectivity index (χ3n) is 6.52. The van der Waals surface area contributed by atoms with Crippen LogP contribution in [0.3, 0.4) is 0 Å². The molecule has 3 aromatic heterocycles. The Kier molecular flexibility index (Phi) is 5.46. The monoisotopic (exact) mass is 468 g/mol. The molecule has 1 aliphatic rings. The molecule has 1 aliphatic heterocycles. The predicted octanol–water partition coefficient (Wildman–Crippen LogP) is 3.86. The highest BCUT2D eigenvalue weighted by atomic mass is 19.1. The Balaban J connectivity index is 1.28. The van der Waals surface area contributed by atoms with Gasteiger partial charge < -0.3 is 15.5 Å². The fourth-order valence-corrected chi connectivity index (χ4v) is 4.64. The smallest absolute Gasteiger partial charge is 0.159 e. The van der Waals surface area contributed by atoms with Gasteiger partial charge in [-0.1, -0.05) is 6.07 Å². The third-order valence-corrected chi connectivity index (χ3v) is 6.52. The zero-order chi connectivity index (χ0) is 23.8. The average Bonchev–Trinajstić information content (AvgIpc) is 3.35. The van der Waals surface area contributed by atoms with Crippen molar-refractivity contribution in [1.82, 2.24) is 29.9 Å². The van der Waals surface area contributed by atoms with Crippen LogP contribution in [0.5, 0.6) is 0 Å². The number of pyridine rings is 1. The van der Waals surface area contributed by atoms with E-state index in [1.807, 2.05) is 30.5 Å². The minimum Gasteiger partial charge on any atom is -0.367 e. The second-order valence-corrected chi connectivity index (χ2v) is 8.79. The van der Waals surface area contributed by atoms with Gasteiger partial charge in [-0.3, -0.25) is 0 Å².